The molecule has 0 bridgehead atoms. The maximum Gasteiger partial charge on any atom is 0.192 e. The Morgan fingerprint density at radius 3 is 3.12 bits per heavy atom. The van der Waals surface area contributed by atoms with Crippen molar-refractivity contribution < 1.29 is 9.21 Å². The molecule has 3 aromatic rings. The number of aldehydes is 1. The van der Waals surface area contributed by atoms with Crippen LogP contribution in [0.5, 0.6) is 0 Å². The van der Waals surface area contributed by atoms with Gasteiger partial charge in [0, 0.05) is 12.5 Å². The van der Waals surface area contributed by atoms with Gasteiger partial charge in [-0.05, 0) is 18.2 Å². The predicted molar refractivity (Wildman–Crippen MR) is 61.7 cm³/mol. The van der Waals surface area contributed by atoms with Crippen LogP contribution >= 0.6 is 0 Å². The van der Waals surface area contributed by atoms with Crippen molar-refractivity contribution in [3.63, 3.8) is 0 Å². The lowest BCUT2D eigenvalue weighted by molar-refractivity contribution is 0.112. The van der Waals surface area contributed by atoms with Crippen LogP contribution < -0.4 is 0 Å². The molecule has 1 aromatic carbocycles. The van der Waals surface area contributed by atoms with Crippen LogP contribution in [0.4, 0.5) is 0 Å². The topological polar surface area (TPSA) is 71.8 Å². The van der Waals surface area contributed by atoms with Crippen molar-refractivity contribution in [2.75, 3.05) is 0 Å². The van der Waals surface area contributed by atoms with E-state index in [1.165, 1.54) is 6.20 Å². The first-order valence-corrected chi connectivity index (χ1v) is 5.14. The zero-order valence-corrected chi connectivity index (χ0v) is 9.10. The summed E-state index contributed by atoms with van der Waals surface area (Å²) in [5, 5.41) is 6.66. The zero-order valence-electron chi connectivity index (χ0n) is 9.10. The summed E-state index contributed by atoms with van der Waals surface area (Å²) >= 11 is 0. The van der Waals surface area contributed by atoms with Gasteiger partial charge in [0.1, 0.15) is 5.52 Å². The first-order valence-electron chi connectivity index (χ1n) is 5.14. The number of nitrogens with one attached hydrogen (secondary N) is 1. The predicted octanol–water partition coefficient (Wildman–Crippen LogP) is 2.34. The number of fused-ring (bicyclic) bond motifs is 1. The third-order valence-corrected chi connectivity index (χ3v) is 2.58. The number of hydrogen-bond acceptors (Lipinski definition) is 4. The van der Waals surface area contributed by atoms with Crippen LogP contribution in [0.2, 0.25) is 0 Å². The van der Waals surface area contributed by atoms with Crippen LogP contribution in [0.3, 0.4) is 0 Å². The van der Waals surface area contributed by atoms with Crippen LogP contribution in [-0.4, -0.2) is 21.5 Å². The van der Waals surface area contributed by atoms with Gasteiger partial charge in [-0.2, -0.15) is 5.10 Å². The number of benzene rings is 1. The van der Waals surface area contributed by atoms with E-state index in [9.17, 15) is 4.79 Å². The van der Waals surface area contributed by atoms with Gasteiger partial charge in [-0.3, -0.25) is 9.89 Å². The second-order valence-corrected chi connectivity index (χ2v) is 3.73. The molecule has 2 heterocycles. The molecule has 17 heavy (non-hydrogen) atoms. The van der Waals surface area contributed by atoms with Crippen LogP contribution in [0.1, 0.15) is 16.2 Å². The van der Waals surface area contributed by atoms with Crippen molar-refractivity contribution in [3.8, 4) is 11.3 Å². The maximum absolute atomic E-state index is 10.8. The van der Waals surface area contributed by atoms with Crippen molar-refractivity contribution in [3.05, 3.63) is 35.9 Å². The van der Waals surface area contributed by atoms with Gasteiger partial charge in [0.15, 0.2) is 17.8 Å². The Balaban J connectivity index is 2.20. The molecule has 2 aromatic heterocycles. The Hall–Kier alpha value is -2.43. The quantitative estimate of drug-likeness (QED) is 0.682. The average Bonchev–Trinajstić information content (AvgIpc) is 2.91. The molecule has 0 saturated heterocycles. The molecular formula is C12H9N3O2. The highest BCUT2D eigenvalue weighted by atomic mass is 16.3. The lowest BCUT2D eigenvalue weighted by Gasteiger charge is -1.97. The van der Waals surface area contributed by atoms with Gasteiger partial charge in [0.2, 0.25) is 0 Å². The Labute approximate surface area is 96.5 Å². The molecular weight excluding hydrogens is 218 g/mol. The lowest BCUT2D eigenvalue weighted by atomic mass is 10.1. The van der Waals surface area contributed by atoms with Crippen molar-refractivity contribution >= 4 is 17.4 Å². The lowest BCUT2D eigenvalue weighted by Crippen LogP contribution is -1.84. The summed E-state index contributed by atoms with van der Waals surface area (Å²) in [6, 6.07) is 5.57. The minimum Gasteiger partial charge on any atom is -0.441 e. The molecule has 0 aliphatic rings. The summed E-state index contributed by atoms with van der Waals surface area (Å²) < 4.78 is 5.39. The number of aryl methyl sites for hydroxylation is 1. The Kier molecular flexibility index (Phi) is 2.04. The van der Waals surface area contributed by atoms with Gasteiger partial charge in [-0.15, -0.1) is 0 Å². The molecule has 0 saturated carbocycles. The van der Waals surface area contributed by atoms with Gasteiger partial charge in [-0.25, -0.2) is 4.98 Å². The second-order valence-electron chi connectivity index (χ2n) is 3.73. The standard InChI is InChI=1S/C12H9N3O2/c1-7-14-10-4-8(2-3-11(10)17-7)12-9(6-16)5-13-15-12/h2-6H,1H3,(H,13,15). The normalized spacial score (nSPS) is 10.9. The highest BCUT2D eigenvalue weighted by molar-refractivity contribution is 5.88. The fraction of sp³-hybridized carbons (Fsp3) is 0.0833. The van der Waals surface area contributed by atoms with Crippen LogP contribution in [0.15, 0.2) is 28.8 Å². The van der Waals surface area contributed by atoms with E-state index in [4.69, 9.17) is 4.42 Å². The molecule has 84 valence electrons. The zero-order chi connectivity index (χ0) is 11.8. The van der Waals surface area contributed by atoms with Crippen LogP contribution in [0, 0.1) is 6.92 Å². The SMILES string of the molecule is Cc1nc2cc(-c3[nH]ncc3C=O)ccc2o1. The summed E-state index contributed by atoms with van der Waals surface area (Å²) in [5.74, 6) is 0.623. The monoisotopic (exact) mass is 227 g/mol. The number of hydrogen-bond donors (Lipinski definition) is 1. The van der Waals surface area contributed by atoms with E-state index < -0.39 is 0 Å². The summed E-state index contributed by atoms with van der Waals surface area (Å²) in [5.41, 5.74) is 3.60. The van der Waals surface area contributed by atoms with Gasteiger partial charge < -0.3 is 4.42 Å². The molecule has 0 aliphatic heterocycles. The number of rotatable bonds is 2. The minimum absolute atomic E-state index is 0.532. The van der Waals surface area contributed by atoms with Crippen molar-refractivity contribution in [1.29, 1.82) is 0 Å². The average molecular weight is 227 g/mol. The van der Waals surface area contributed by atoms with E-state index >= 15 is 0 Å². The Morgan fingerprint density at radius 2 is 2.29 bits per heavy atom. The van der Waals surface area contributed by atoms with Gasteiger partial charge >= 0.3 is 0 Å². The van der Waals surface area contributed by atoms with E-state index in [-0.39, 0.29) is 0 Å². The molecule has 0 aliphatic carbocycles. The summed E-state index contributed by atoms with van der Waals surface area (Å²) in [6.07, 6.45) is 2.28. The Bertz CT molecular complexity index is 697. The fourth-order valence-electron chi connectivity index (χ4n) is 1.81. The number of nitrogens with zero attached hydrogens (tertiary/aromatic N) is 2. The minimum atomic E-state index is 0.532. The van der Waals surface area contributed by atoms with Crippen molar-refractivity contribution in [2.24, 2.45) is 0 Å². The molecule has 0 spiro atoms. The molecule has 3 rings (SSSR count). The van der Waals surface area contributed by atoms with Crippen molar-refractivity contribution in [1.82, 2.24) is 15.2 Å². The van der Waals surface area contributed by atoms with Gasteiger partial charge in [0.25, 0.3) is 0 Å². The van der Waals surface area contributed by atoms with Crippen LogP contribution in [-0.2, 0) is 0 Å². The maximum atomic E-state index is 10.8. The van der Waals surface area contributed by atoms with E-state index in [1.807, 2.05) is 18.2 Å². The molecule has 5 heteroatoms. The largest absolute Gasteiger partial charge is 0.441 e. The fourth-order valence-corrected chi connectivity index (χ4v) is 1.81. The number of aromatic nitrogens is 3. The molecule has 0 fully saturated rings. The smallest absolute Gasteiger partial charge is 0.192 e. The van der Waals surface area contributed by atoms with Crippen LogP contribution in [0.25, 0.3) is 22.4 Å². The summed E-state index contributed by atoms with van der Waals surface area (Å²) in [4.78, 5) is 15.1. The molecule has 0 radical (unpaired) electrons. The molecule has 0 atom stereocenters. The number of oxazole rings is 1. The summed E-state index contributed by atoms with van der Waals surface area (Å²) in [7, 11) is 0. The van der Waals surface area contributed by atoms with E-state index in [0.29, 0.717) is 17.1 Å². The summed E-state index contributed by atoms with van der Waals surface area (Å²) in [6.45, 7) is 1.80. The molecule has 0 unspecified atom stereocenters. The number of carbonyl (C=O) groups excluding carboxylic acids is 1. The Morgan fingerprint density at radius 1 is 1.41 bits per heavy atom. The van der Waals surface area contributed by atoms with Gasteiger partial charge in [0.05, 0.1) is 17.5 Å². The first kappa shape index (κ1) is 9.77. The van der Waals surface area contributed by atoms with E-state index in [0.717, 1.165) is 22.9 Å². The third kappa shape index (κ3) is 1.52. The third-order valence-electron chi connectivity index (χ3n) is 2.58. The second kappa shape index (κ2) is 3.55. The van der Waals surface area contributed by atoms with Crippen molar-refractivity contribution in [2.45, 2.75) is 6.92 Å². The van der Waals surface area contributed by atoms with E-state index in [1.54, 1.807) is 6.92 Å². The molecule has 5 nitrogen and oxygen atoms in total. The molecule has 0 amide bonds. The highest BCUT2D eigenvalue weighted by Crippen LogP contribution is 2.24. The molecule has 1 N–H and O–H groups in total. The highest BCUT2D eigenvalue weighted by Gasteiger charge is 2.09. The number of aromatic amines is 1. The number of carbonyl (C=O) groups is 1. The van der Waals surface area contributed by atoms with E-state index in [2.05, 4.69) is 15.2 Å². The number of H-pyrrole nitrogens is 1. The first-order chi connectivity index (χ1) is 8.28. The van der Waals surface area contributed by atoms with Gasteiger partial charge in [-0.1, -0.05) is 0 Å².